The molecule has 116 valence electrons. The highest BCUT2D eigenvalue weighted by atomic mass is 16.5. The first-order chi connectivity index (χ1) is 9.70. The Hall–Kier alpha value is -0.120. The number of ether oxygens (including phenoxy) is 1. The molecule has 3 nitrogen and oxygen atoms in total. The Balaban J connectivity index is 1.67. The van der Waals surface area contributed by atoms with E-state index in [2.05, 4.69) is 24.1 Å². The standard InChI is InChI=1S/C17H32N2O/c1-14(2)16-12-19(11-15-5-9-20-10-6-15)17(13-18-16)7-3-4-8-17/h14-16,18H,3-13H2,1-2H3. The molecule has 1 N–H and O–H groups in total. The van der Waals surface area contributed by atoms with Crippen LogP contribution in [0, 0.1) is 11.8 Å². The van der Waals surface area contributed by atoms with E-state index < -0.39 is 0 Å². The molecule has 1 saturated carbocycles. The topological polar surface area (TPSA) is 24.5 Å². The Labute approximate surface area is 124 Å². The normalized spacial score (nSPS) is 32.2. The molecule has 1 atom stereocenters. The molecule has 20 heavy (non-hydrogen) atoms. The van der Waals surface area contributed by atoms with Crippen LogP contribution >= 0.6 is 0 Å². The summed E-state index contributed by atoms with van der Waals surface area (Å²) >= 11 is 0. The molecule has 1 spiro atoms. The summed E-state index contributed by atoms with van der Waals surface area (Å²) < 4.78 is 5.53. The van der Waals surface area contributed by atoms with Crippen LogP contribution in [-0.4, -0.2) is 49.3 Å². The summed E-state index contributed by atoms with van der Waals surface area (Å²) in [6, 6.07) is 0.682. The van der Waals surface area contributed by atoms with Gasteiger partial charge in [0.15, 0.2) is 0 Å². The Morgan fingerprint density at radius 2 is 1.90 bits per heavy atom. The summed E-state index contributed by atoms with van der Waals surface area (Å²) in [6.45, 7) is 10.5. The van der Waals surface area contributed by atoms with Crippen molar-refractivity contribution in [3.05, 3.63) is 0 Å². The first kappa shape index (κ1) is 14.8. The van der Waals surface area contributed by atoms with Crippen molar-refractivity contribution in [2.24, 2.45) is 11.8 Å². The lowest BCUT2D eigenvalue weighted by molar-refractivity contribution is -0.00504. The highest BCUT2D eigenvalue weighted by Gasteiger charge is 2.44. The van der Waals surface area contributed by atoms with Gasteiger partial charge in [-0.25, -0.2) is 0 Å². The minimum absolute atomic E-state index is 0.490. The van der Waals surface area contributed by atoms with E-state index >= 15 is 0 Å². The van der Waals surface area contributed by atoms with Crippen LogP contribution in [0.5, 0.6) is 0 Å². The molecule has 3 rings (SSSR count). The fraction of sp³-hybridized carbons (Fsp3) is 1.00. The fourth-order valence-electron chi connectivity index (χ4n) is 4.41. The van der Waals surface area contributed by atoms with Gasteiger partial charge in [-0.3, -0.25) is 4.90 Å². The van der Waals surface area contributed by atoms with E-state index in [0.29, 0.717) is 11.6 Å². The molecular weight excluding hydrogens is 248 g/mol. The van der Waals surface area contributed by atoms with Crippen LogP contribution in [0.3, 0.4) is 0 Å². The zero-order valence-corrected chi connectivity index (χ0v) is 13.4. The molecule has 0 amide bonds. The number of hydrogen-bond donors (Lipinski definition) is 1. The molecule has 0 aromatic rings. The molecule has 0 radical (unpaired) electrons. The van der Waals surface area contributed by atoms with Crippen molar-refractivity contribution >= 4 is 0 Å². The lowest BCUT2D eigenvalue weighted by Crippen LogP contribution is -2.65. The molecule has 0 aromatic heterocycles. The number of nitrogens with zero attached hydrogens (tertiary/aromatic N) is 1. The van der Waals surface area contributed by atoms with E-state index in [1.54, 1.807) is 0 Å². The first-order valence-electron chi connectivity index (χ1n) is 8.76. The van der Waals surface area contributed by atoms with Gasteiger partial charge >= 0.3 is 0 Å². The Bertz CT molecular complexity index is 306. The van der Waals surface area contributed by atoms with Gasteiger partial charge in [0, 0.05) is 44.4 Å². The summed E-state index contributed by atoms with van der Waals surface area (Å²) in [7, 11) is 0. The molecule has 0 bridgehead atoms. The second-order valence-electron chi connectivity index (χ2n) is 7.62. The van der Waals surface area contributed by atoms with E-state index in [1.165, 1.54) is 58.2 Å². The van der Waals surface area contributed by atoms with Gasteiger partial charge < -0.3 is 10.1 Å². The molecule has 1 unspecified atom stereocenters. The second-order valence-corrected chi connectivity index (χ2v) is 7.62. The van der Waals surface area contributed by atoms with Crippen molar-refractivity contribution in [2.75, 3.05) is 32.8 Å². The van der Waals surface area contributed by atoms with Gasteiger partial charge in [-0.1, -0.05) is 26.7 Å². The average molecular weight is 280 g/mol. The molecule has 2 saturated heterocycles. The Kier molecular flexibility index (Phi) is 4.68. The van der Waals surface area contributed by atoms with Gasteiger partial charge in [0.2, 0.25) is 0 Å². The summed E-state index contributed by atoms with van der Waals surface area (Å²) in [6.07, 6.45) is 8.22. The summed E-state index contributed by atoms with van der Waals surface area (Å²) in [4.78, 5) is 2.89. The fourth-order valence-corrected chi connectivity index (χ4v) is 4.41. The second kappa shape index (κ2) is 6.33. The smallest absolute Gasteiger partial charge is 0.0469 e. The van der Waals surface area contributed by atoms with Gasteiger partial charge in [-0.15, -0.1) is 0 Å². The van der Waals surface area contributed by atoms with Crippen molar-refractivity contribution in [3.8, 4) is 0 Å². The lowest BCUT2D eigenvalue weighted by Gasteiger charge is -2.50. The van der Waals surface area contributed by atoms with E-state index in [0.717, 1.165) is 25.0 Å². The van der Waals surface area contributed by atoms with Crippen LogP contribution in [0.25, 0.3) is 0 Å². The molecule has 3 heteroatoms. The predicted octanol–water partition coefficient (Wildman–Crippen LogP) is 2.66. The quantitative estimate of drug-likeness (QED) is 0.860. The highest BCUT2D eigenvalue weighted by molar-refractivity contribution is 5.02. The zero-order valence-electron chi connectivity index (χ0n) is 13.4. The third-order valence-corrected chi connectivity index (χ3v) is 5.94. The van der Waals surface area contributed by atoms with Crippen molar-refractivity contribution in [3.63, 3.8) is 0 Å². The van der Waals surface area contributed by atoms with E-state index in [9.17, 15) is 0 Å². The van der Waals surface area contributed by atoms with Crippen LogP contribution in [-0.2, 0) is 4.74 Å². The minimum atomic E-state index is 0.490. The van der Waals surface area contributed by atoms with Crippen LogP contribution in [0.4, 0.5) is 0 Å². The van der Waals surface area contributed by atoms with Gasteiger partial charge in [0.25, 0.3) is 0 Å². The number of rotatable bonds is 3. The minimum Gasteiger partial charge on any atom is -0.381 e. The monoisotopic (exact) mass is 280 g/mol. The van der Waals surface area contributed by atoms with Crippen LogP contribution in [0.15, 0.2) is 0 Å². The summed E-state index contributed by atoms with van der Waals surface area (Å²) in [5.74, 6) is 1.61. The van der Waals surface area contributed by atoms with Crippen molar-refractivity contribution in [1.82, 2.24) is 10.2 Å². The van der Waals surface area contributed by atoms with Crippen molar-refractivity contribution in [1.29, 1.82) is 0 Å². The largest absolute Gasteiger partial charge is 0.381 e. The van der Waals surface area contributed by atoms with Gasteiger partial charge in [-0.2, -0.15) is 0 Å². The van der Waals surface area contributed by atoms with Gasteiger partial charge in [0.05, 0.1) is 0 Å². The molecule has 3 fully saturated rings. The van der Waals surface area contributed by atoms with E-state index in [4.69, 9.17) is 4.74 Å². The van der Waals surface area contributed by atoms with Gasteiger partial charge in [0.1, 0.15) is 0 Å². The third-order valence-electron chi connectivity index (χ3n) is 5.94. The maximum absolute atomic E-state index is 5.53. The number of hydrogen-bond acceptors (Lipinski definition) is 3. The maximum Gasteiger partial charge on any atom is 0.0469 e. The van der Waals surface area contributed by atoms with Crippen molar-refractivity contribution in [2.45, 2.75) is 64.0 Å². The van der Waals surface area contributed by atoms with Crippen LogP contribution in [0.1, 0.15) is 52.4 Å². The summed E-state index contributed by atoms with van der Waals surface area (Å²) in [5, 5.41) is 3.85. The Morgan fingerprint density at radius 1 is 1.20 bits per heavy atom. The predicted molar refractivity (Wildman–Crippen MR) is 82.9 cm³/mol. The number of piperazine rings is 1. The highest BCUT2D eigenvalue weighted by Crippen LogP contribution is 2.38. The van der Waals surface area contributed by atoms with Gasteiger partial charge in [-0.05, 0) is 37.5 Å². The molecule has 0 aromatic carbocycles. The summed E-state index contributed by atoms with van der Waals surface area (Å²) in [5.41, 5.74) is 0.490. The molecule has 2 heterocycles. The van der Waals surface area contributed by atoms with E-state index in [1.807, 2.05) is 0 Å². The first-order valence-corrected chi connectivity index (χ1v) is 8.76. The molecule has 3 aliphatic rings. The third kappa shape index (κ3) is 3.05. The maximum atomic E-state index is 5.53. The molecule has 2 aliphatic heterocycles. The average Bonchev–Trinajstić information content (AvgIpc) is 2.92. The van der Waals surface area contributed by atoms with E-state index in [-0.39, 0.29) is 0 Å². The SMILES string of the molecule is CC(C)C1CN(CC2CCOCC2)C2(CCCC2)CN1. The lowest BCUT2D eigenvalue weighted by atomic mass is 9.86. The van der Waals surface area contributed by atoms with Crippen LogP contribution in [0.2, 0.25) is 0 Å². The van der Waals surface area contributed by atoms with Crippen LogP contribution < -0.4 is 5.32 Å². The molecular formula is C17H32N2O. The number of nitrogens with one attached hydrogen (secondary N) is 1. The molecule has 1 aliphatic carbocycles. The Morgan fingerprint density at radius 3 is 2.55 bits per heavy atom. The van der Waals surface area contributed by atoms with Crippen molar-refractivity contribution < 1.29 is 4.74 Å². The zero-order chi connectivity index (χ0) is 14.0.